The number of aromatic amines is 1. The van der Waals surface area contributed by atoms with E-state index >= 15 is 0 Å². The van der Waals surface area contributed by atoms with Crippen LogP contribution in [-0.4, -0.2) is 76.3 Å². The van der Waals surface area contributed by atoms with Gasteiger partial charge in [0.15, 0.2) is 0 Å². The molecule has 2 bridgehead atoms. The zero-order valence-corrected chi connectivity index (χ0v) is 27.5. The Morgan fingerprint density at radius 2 is 1.70 bits per heavy atom. The van der Waals surface area contributed by atoms with Crippen LogP contribution in [0.4, 0.5) is 0 Å². The van der Waals surface area contributed by atoms with Gasteiger partial charge in [0.2, 0.25) is 23.6 Å². The molecule has 3 heterocycles. The molecule has 0 radical (unpaired) electrons. The lowest BCUT2D eigenvalue weighted by molar-refractivity contribution is -0.134. The lowest BCUT2D eigenvalue weighted by Crippen LogP contribution is -2.59. The Hall–Kier alpha value is -5.98. The second-order valence-corrected chi connectivity index (χ2v) is 12.5. The van der Waals surface area contributed by atoms with Gasteiger partial charge in [0.05, 0.1) is 6.54 Å². The van der Waals surface area contributed by atoms with Crippen LogP contribution in [0.1, 0.15) is 41.3 Å². The number of aromatic nitrogens is 2. The van der Waals surface area contributed by atoms with Crippen LogP contribution in [0.2, 0.25) is 0 Å². The number of amides is 5. The van der Waals surface area contributed by atoms with E-state index < -0.39 is 47.3 Å². The Morgan fingerprint density at radius 3 is 2.42 bits per heavy atom. The first-order valence-corrected chi connectivity index (χ1v) is 16.6. The summed E-state index contributed by atoms with van der Waals surface area (Å²) < 4.78 is 5.81. The molecule has 13 nitrogen and oxygen atoms in total. The average Bonchev–Trinajstić information content (AvgIpc) is 3.69. The van der Waals surface area contributed by atoms with Gasteiger partial charge in [-0.2, -0.15) is 0 Å². The van der Waals surface area contributed by atoms with Gasteiger partial charge in [-0.25, -0.2) is 4.98 Å². The second kappa shape index (κ2) is 15.1. The predicted molar refractivity (Wildman–Crippen MR) is 184 cm³/mol. The summed E-state index contributed by atoms with van der Waals surface area (Å²) in [5.41, 5.74) is 1.49. The van der Waals surface area contributed by atoms with Crippen molar-refractivity contribution in [3.63, 3.8) is 0 Å². The number of imidazole rings is 1. The Kier molecular flexibility index (Phi) is 10.2. The summed E-state index contributed by atoms with van der Waals surface area (Å²) >= 11 is 0. The predicted octanol–water partition coefficient (Wildman–Crippen LogP) is 1.81. The largest absolute Gasteiger partial charge is 0.492 e. The molecule has 5 amide bonds. The van der Waals surface area contributed by atoms with E-state index in [-0.39, 0.29) is 31.9 Å². The molecule has 50 heavy (non-hydrogen) atoms. The van der Waals surface area contributed by atoms with Crippen molar-refractivity contribution < 1.29 is 28.7 Å². The van der Waals surface area contributed by atoms with Gasteiger partial charge >= 0.3 is 0 Å². The maximum atomic E-state index is 13.8. The van der Waals surface area contributed by atoms with Crippen LogP contribution in [0.3, 0.4) is 0 Å². The van der Waals surface area contributed by atoms with Gasteiger partial charge in [-0.05, 0) is 55.2 Å². The third-order valence-corrected chi connectivity index (χ3v) is 8.75. The highest BCUT2D eigenvalue weighted by Crippen LogP contribution is 2.35. The zero-order valence-electron chi connectivity index (χ0n) is 27.5. The van der Waals surface area contributed by atoms with Gasteiger partial charge in [0, 0.05) is 36.4 Å². The smallest absolute Gasteiger partial charge is 0.251 e. The molecule has 6 N–H and O–H groups in total. The first-order valence-electron chi connectivity index (χ1n) is 16.6. The number of ether oxygens (including phenoxy) is 1. The van der Waals surface area contributed by atoms with Crippen molar-refractivity contribution in [3.05, 3.63) is 108 Å². The Balaban J connectivity index is 1.24. The first-order chi connectivity index (χ1) is 24.2. The monoisotopic (exact) mass is 677 g/mol. The standard InChI is InChI=1S/C37H39N7O6/c1-23-32(45)42-30(20-24-6-3-2-4-7-24)35(48)44-37(14-15-37)36(49)40-18-19-50-28-12-10-25(11-13-28)21-29(34(47)41-23)43-33(46)27-9-5-8-26(22-27)31-38-16-17-39-31/h2-13,16-17,22-23,29-30H,14-15,18-21H2,1H3,(H,38,39)(H,40,49)(H,41,47)(H,42,45)(H,43,46)(H,44,48)/t23-,29-,30+/m0/s1. The summed E-state index contributed by atoms with van der Waals surface area (Å²) in [4.78, 5) is 74.8. The number of carbonyl (C=O) groups is 5. The third kappa shape index (κ3) is 8.35. The molecule has 1 saturated carbocycles. The molecule has 1 aliphatic carbocycles. The average molecular weight is 678 g/mol. The fourth-order valence-electron chi connectivity index (χ4n) is 5.73. The molecule has 1 spiro atoms. The molecule has 3 aromatic carbocycles. The summed E-state index contributed by atoms with van der Waals surface area (Å²) in [5.74, 6) is -1.35. The number of nitrogens with zero attached hydrogens (tertiary/aromatic N) is 1. The van der Waals surface area contributed by atoms with E-state index in [2.05, 4.69) is 36.6 Å². The van der Waals surface area contributed by atoms with Crippen molar-refractivity contribution in [2.45, 2.75) is 56.3 Å². The number of carbonyl (C=O) groups excluding carboxylic acids is 5. The molecule has 3 aliphatic rings. The summed E-state index contributed by atoms with van der Waals surface area (Å²) in [6.07, 6.45) is 4.50. The molecular weight excluding hydrogens is 638 g/mol. The molecule has 1 fully saturated rings. The molecule has 2 aliphatic heterocycles. The summed E-state index contributed by atoms with van der Waals surface area (Å²) in [6.45, 7) is 1.91. The summed E-state index contributed by atoms with van der Waals surface area (Å²) in [6, 6.07) is 19.9. The second-order valence-electron chi connectivity index (χ2n) is 12.5. The molecular formula is C37H39N7O6. The maximum absolute atomic E-state index is 13.8. The van der Waals surface area contributed by atoms with Crippen LogP contribution < -0.4 is 31.3 Å². The van der Waals surface area contributed by atoms with Crippen LogP contribution in [0.25, 0.3) is 11.4 Å². The highest BCUT2D eigenvalue weighted by molar-refractivity contribution is 6.00. The van der Waals surface area contributed by atoms with Crippen LogP contribution >= 0.6 is 0 Å². The Bertz CT molecular complexity index is 1840. The van der Waals surface area contributed by atoms with E-state index in [1.54, 1.807) is 54.9 Å². The summed E-state index contributed by atoms with van der Waals surface area (Å²) in [7, 11) is 0. The van der Waals surface area contributed by atoms with Crippen LogP contribution in [0.15, 0.2) is 91.3 Å². The van der Waals surface area contributed by atoms with Gasteiger partial charge in [-0.15, -0.1) is 0 Å². The van der Waals surface area contributed by atoms with Crippen molar-refractivity contribution in [2.24, 2.45) is 0 Å². The van der Waals surface area contributed by atoms with E-state index in [0.29, 0.717) is 35.5 Å². The number of benzene rings is 3. The van der Waals surface area contributed by atoms with Gasteiger partial charge in [0.25, 0.3) is 5.91 Å². The number of H-pyrrole nitrogens is 1. The van der Waals surface area contributed by atoms with Gasteiger partial charge in [-0.1, -0.05) is 54.6 Å². The topological polar surface area (TPSA) is 183 Å². The van der Waals surface area contributed by atoms with Crippen molar-refractivity contribution in [1.82, 2.24) is 36.6 Å². The van der Waals surface area contributed by atoms with Gasteiger partial charge in [-0.3, -0.25) is 24.0 Å². The van der Waals surface area contributed by atoms with E-state index in [1.807, 2.05) is 36.4 Å². The number of rotatable bonds is 5. The molecule has 0 unspecified atom stereocenters. The SMILES string of the molecule is C[C@@H]1NC(=O)[C@@H](NC(=O)c2cccc(-c3ncc[nH]3)c2)Cc2ccc(cc2)OCCNC(=O)C2(CC2)NC(=O)[C@@H](Cc2ccccc2)NC1=O. The van der Waals surface area contributed by atoms with Crippen LogP contribution in [0.5, 0.6) is 5.75 Å². The third-order valence-electron chi connectivity index (χ3n) is 8.75. The molecule has 4 aromatic rings. The fraction of sp³-hybridized carbons (Fsp3) is 0.297. The van der Waals surface area contributed by atoms with Crippen LogP contribution in [-0.2, 0) is 32.0 Å². The molecule has 1 aromatic heterocycles. The first kappa shape index (κ1) is 33.9. The minimum absolute atomic E-state index is 0.112. The number of hydrogen-bond acceptors (Lipinski definition) is 7. The van der Waals surface area contributed by atoms with E-state index in [9.17, 15) is 24.0 Å². The maximum Gasteiger partial charge on any atom is 0.251 e. The van der Waals surface area contributed by atoms with Crippen molar-refractivity contribution in [2.75, 3.05) is 13.2 Å². The normalized spacial score (nSPS) is 21.2. The van der Waals surface area contributed by atoms with Crippen molar-refractivity contribution in [1.29, 1.82) is 0 Å². The minimum Gasteiger partial charge on any atom is -0.492 e. The highest BCUT2D eigenvalue weighted by atomic mass is 16.5. The van der Waals surface area contributed by atoms with Crippen molar-refractivity contribution in [3.8, 4) is 17.1 Å². The number of nitrogens with one attached hydrogen (secondary N) is 6. The van der Waals surface area contributed by atoms with E-state index in [0.717, 1.165) is 11.1 Å². The quantitative estimate of drug-likeness (QED) is 0.174. The van der Waals surface area contributed by atoms with E-state index in [1.165, 1.54) is 6.92 Å². The molecule has 3 atom stereocenters. The van der Waals surface area contributed by atoms with Crippen LogP contribution in [0, 0.1) is 0 Å². The lowest BCUT2D eigenvalue weighted by atomic mass is 10.0. The number of hydrogen-bond donors (Lipinski definition) is 6. The van der Waals surface area contributed by atoms with E-state index in [4.69, 9.17) is 4.74 Å². The molecule has 258 valence electrons. The Morgan fingerprint density at radius 1 is 0.920 bits per heavy atom. The molecule has 0 saturated heterocycles. The lowest BCUT2D eigenvalue weighted by Gasteiger charge is -2.25. The number of fused-ring (bicyclic) bond motifs is 15. The Labute approximate surface area is 289 Å². The summed E-state index contributed by atoms with van der Waals surface area (Å²) in [5, 5.41) is 14.0. The molecule has 7 rings (SSSR count). The minimum atomic E-state index is -1.07. The zero-order chi connectivity index (χ0) is 35.1. The molecule has 13 heteroatoms. The van der Waals surface area contributed by atoms with Crippen molar-refractivity contribution >= 4 is 29.5 Å². The van der Waals surface area contributed by atoms with Gasteiger partial charge < -0.3 is 36.3 Å². The fourth-order valence-corrected chi connectivity index (χ4v) is 5.73. The highest BCUT2D eigenvalue weighted by Gasteiger charge is 2.51. The van der Waals surface area contributed by atoms with Gasteiger partial charge in [0.1, 0.15) is 41.8 Å².